The van der Waals surface area contributed by atoms with Crippen molar-refractivity contribution < 1.29 is 23.8 Å². The molecule has 10 heteroatoms. The van der Waals surface area contributed by atoms with Crippen LogP contribution in [0.3, 0.4) is 0 Å². The van der Waals surface area contributed by atoms with Crippen LogP contribution in [0.15, 0.2) is 76.6 Å². The number of ether oxygens (including phenoxy) is 3. The van der Waals surface area contributed by atoms with Gasteiger partial charge < -0.3 is 24.8 Å². The molecule has 0 spiro atoms. The molecule has 2 N–H and O–H groups in total. The van der Waals surface area contributed by atoms with E-state index in [0.717, 1.165) is 0 Å². The van der Waals surface area contributed by atoms with E-state index >= 15 is 0 Å². The quantitative estimate of drug-likeness (QED) is 0.390. The Morgan fingerprint density at radius 1 is 1.03 bits per heavy atom. The third kappa shape index (κ3) is 6.38. The van der Waals surface area contributed by atoms with Gasteiger partial charge in [-0.3, -0.25) is 9.59 Å². The predicted octanol–water partition coefficient (Wildman–Crippen LogP) is 5.27. The van der Waals surface area contributed by atoms with E-state index in [1.807, 2.05) is 18.2 Å². The fourth-order valence-corrected chi connectivity index (χ4v) is 4.25. The van der Waals surface area contributed by atoms with Crippen LogP contribution in [0.2, 0.25) is 5.02 Å². The maximum atomic E-state index is 12.5. The third-order valence-electron chi connectivity index (χ3n) is 4.92. The molecule has 0 unspecified atom stereocenters. The number of halogens is 1. The maximum absolute atomic E-state index is 12.5. The van der Waals surface area contributed by atoms with Crippen molar-refractivity contribution in [1.29, 1.82) is 0 Å². The van der Waals surface area contributed by atoms with E-state index in [4.69, 9.17) is 25.8 Å². The van der Waals surface area contributed by atoms with E-state index in [-0.39, 0.29) is 18.4 Å². The first-order valence-corrected chi connectivity index (χ1v) is 11.9. The molecule has 1 heterocycles. The second-order valence-corrected chi connectivity index (χ2v) is 8.88. The number of para-hydroxylation sites is 1. The van der Waals surface area contributed by atoms with Crippen LogP contribution in [0, 0.1) is 0 Å². The molecule has 184 valence electrons. The number of thioether (sulfide) groups is 1. The maximum Gasteiger partial charge on any atom is 0.264 e. The summed E-state index contributed by atoms with van der Waals surface area (Å²) >= 11 is 7.26. The molecule has 1 saturated heterocycles. The molecule has 0 saturated carbocycles. The van der Waals surface area contributed by atoms with E-state index in [0.29, 0.717) is 49.3 Å². The minimum atomic E-state index is -0.295. The Hall–Kier alpha value is -3.95. The van der Waals surface area contributed by atoms with Crippen LogP contribution in [-0.4, -0.2) is 37.8 Å². The van der Waals surface area contributed by atoms with Crippen LogP contribution in [0.5, 0.6) is 17.2 Å². The van der Waals surface area contributed by atoms with Gasteiger partial charge in [0.1, 0.15) is 11.4 Å². The summed E-state index contributed by atoms with van der Waals surface area (Å²) in [4.78, 5) is 29.6. The summed E-state index contributed by atoms with van der Waals surface area (Å²) in [6, 6.07) is 19.4. The zero-order valence-corrected chi connectivity index (χ0v) is 21.0. The van der Waals surface area contributed by atoms with Crippen LogP contribution >= 0.6 is 23.4 Å². The number of hydrogen-bond donors (Lipinski definition) is 2. The highest BCUT2D eigenvalue weighted by molar-refractivity contribution is 8.18. The van der Waals surface area contributed by atoms with Crippen molar-refractivity contribution in [2.75, 3.05) is 26.1 Å². The lowest BCUT2D eigenvalue weighted by atomic mass is 10.2. The first-order valence-electron chi connectivity index (χ1n) is 10.7. The molecule has 0 aliphatic carbocycles. The topological polar surface area (TPSA) is 98.3 Å². The molecule has 8 nitrogen and oxygen atoms in total. The molecular weight excluding hydrogens is 502 g/mol. The van der Waals surface area contributed by atoms with Gasteiger partial charge in [-0.05, 0) is 65.9 Å². The van der Waals surface area contributed by atoms with Crippen molar-refractivity contribution in [2.24, 2.45) is 4.99 Å². The summed E-state index contributed by atoms with van der Waals surface area (Å²) in [5.41, 5.74) is 1.91. The second kappa shape index (κ2) is 11.7. The normalized spacial score (nSPS) is 15.0. The summed E-state index contributed by atoms with van der Waals surface area (Å²) < 4.78 is 16.4. The number of amides is 2. The summed E-state index contributed by atoms with van der Waals surface area (Å²) in [6.45, 7) is -0.184. The van der Waals surface area contributed by atoms with E-state index < -0.39 is 0 Å². The molecular formula is C26H22ClN3O5S. The first kappa shape index (κ1) is 25.2. The number of aliphatic imine (C=N–C) groups is 1. The Morgan fingerprint density at radius 2 is 1.78 bits per heavy atom. The molecule has 0 bridgehead atoms. The number of methoxy groups -OCH3 is 2. The van der Waals surface area contributed by atoms with Crippen molar-refractivity contribution in [3.63, 3.8) is 0 Å². The average Bonchev–Trinajstić information content (AvgIpc) is 3.22. The Labute approximate surface area is 217 Å². The van der Waals surface area contributed by atoms with Crippen LogP contribution in [0.4, 0.5) is 11.4 Å². The van der Waals surface area contributed by atoms with E-state index in [1.54, 1.807) is 54.6 Å². The number of carbonyl (C=O) groups excluding carboxylic acids is 2. The van der Waals surface area contributed by atoms with Gasteiger partial charge in [-0.2, -0.15) is 0 Å². The monoisotopic (exact) mass is 523 g/mol. The number of amidine groups is 1. The Bertz CT molecular complexity index is 1340. The Balaban J connectivity index is 1.45. The van der Waals surface area contributed by atoms with Gasteiger partial charge in [0.25, 0.3) is 11.8 Å². The van der Waals surface area contributed by atoms with Gasteiger partial charge in [0.15, 0.2) is 23.3 Å². The summed E-state index contributed by atoms with van der Waals surface area (Å²) in [7, 11) is 3.04. The van der Waals surface area contributed by atoms with Crippen LogP contribution in [-0.2, 0) is 9.59 Å². The highest BCUT2D eigenvalue weighted by Crippen LogP contribution is 2.35. The fraction of sp³-hybridized carbons (Fsp3) is 0.115. The van der Waals surface area contributed by atoms with Crippen molar-refractivity contribution >= 4 is 57.8 Å². The van der Waals surface area contributed by atoms with Crippen molar-refractivity contribution in [3.8, 4) is 17.2 Å². The SMILES string of the molecule is COc1ccc(Cl)cc1N=C1NC(=O)/C(=C/c2ccc(OCC(=O)Nc3ccccc3)c(OC)c2)S1. The molecule has 36 heavy (non-hydrogen) atoms. The zero-order chi connectivity index (χ0) is 25.5. The molecule has 1 aliphatic heterocycles. The predicted molar refractivity (Wildman–Crippen MR) is 142 cm³/mol. The molecule has 3 aromatic rings. The van der Waals surface area contributed by atoms with Crippen LogP contribution < -0.4 is 24.8 Å². The number of nitrogens with one attached hydrogen (secondary N) is 2. The largest absolute Gasteiger partial charge is 0.494 e. The van der Waals surface area contributed by atoms with Gasteiger partial charge in [0, 0.05) is 10.7 Å². The van der Waals surface area contributed by atoms with Gasteiger partial charge in [-0.25, -0.2) is 4.99 Å². The first-order chi connectivity index (χ1) is 17.4. The van der Waals surface area contributed by atoms with E-state index in [1.165, 1.54) is 26.0 Å². The lowest BCUT2D eigenvalue weighted by molar-refractivity contribution is -0.118. The standard InChI is InChI=1S/C26H22ClN3O5S/c1-33-20-11-9-17(27)14-19(20)29-26-30-25(32)23(36-26)13-16-8-10-21(22(12-16)34-2)35-15-24(31)28-18-6-4-3-5-7-18/h3-14H,15H2,1-2H3,(H,28,31)(H,29,30,32)/b23-13-. The zero-order valence-electron chi connectivity index (χ0n) is 19.4. The minimum absolute atomic E-state index is 0.184. The summed E-state index contributed by atoms with van der Waals surface area (Å²) in [6.07, 6.45) is 1.71. The molecule has 1 aliphatic rings. The number of carbonyl (C=O) groups is 2. The van der Waals surface area contributed by atoms with Crippen molar-refractivity contribution in [1.82, 2.24) is 5.32 Å². The molecule has 1 fully saturated rings. The van der Waals surface area contributed by atoms with Gasteiger partial charge in [-0.1, -0.05) is 35.9 Å². The lowest BCUT2D eigenvalue weighted by Gasteiger charge is -2.11. The van der Waals surface area contributed by atoms with Gasteiger partial charge in [0.05, 0.1) is 19.1 Å². The molecule has 2 amide bonds. The van der Waals surface area contributed by atoms with Crippen LogP contribution in [0.1, 0.15) is 5.56 Å². The third-order valence-corrected chi connectivity index (χ3v) is 6.06. The molecule has 0 aromatic heterocycles. The summed E-state index contributed by atoms with van der Waals surface area (Å²) in [5, 5.41) is 6.41. The summed E-state index contributed by atoms with van der Waals surface area (Å²) in [5.74, 6) is 0.796. The van der Waals surface area contributed by atoms with Gasteiger partial charge in [0.2, 0.25) is 0 Å². The average molecular weight is 524 g/mol. The lowest BCUT2D eigenvalue weighted by Crippen LogP contribution is -2.20. The molecule has 4 rings (SSSR count). The number of benzene rings is 3. The Kier molecular flexibility index (Phi) is 8.14. The van der Waals surface area contributed by atoms with Gasteiger partial charge >= 0.3 is 0 Å². The van der Waals surface area contributed by atoms with Crippen molar-refractivity contribution in [2.45, 2.75) is 0 Å². The molecule has 0 atom stereocenters. The fourth-order valence-electron chi connectivity index (χ4n) is 3.25. The molecule has 0 radical (unpaired) electrons. The van der Waals surface area contributed by atoms with E-state index in [2.05, 4.69) is 15.6 Å². The molecule has 3 aromatic carbocycles. The number of anilines is 1. The van der Waals surface area contributed by atoms with Crippen LogP contribution in [0.25, 0.3) is 6.08 Å². The van der Waals surface area contributed by atoms with E-state index in [9.17, 15) is 9.59 Å². The van der Waals surface area contributed by atoms with Crippen molar-refractivity contribution in [3.05, 3.63) is 82.2 Å². The van der Waals surface area contributed by atoms with Gasteiger partial charge in [-0.15, -0.1) is 0 Å². The smallest absolute Gasteiger partial charge is 0.264 e. The minimum Gasteiger partial charge on any atom is -0.494 e. The highest BCUT2D eigenvalue weighted by atomic mass is 35.5. The Morgan fingerprint density at radius 3 is 2.53 bits per heavy atom. The number of hydrogen-bond acceptors (Lipinski definition) is 7. The second-order valence-electron chi connectivity index (χ2n) is 7.41. The number of nitrogens with zero attached hydrogens (tertiary/aromatic N) is 1. The highest BCUT2D eigenvalue weighted by Gasteiger charge is 2.24. The number of rotatable bonds is 8.